The zero-order chi connectivity index (χ0) is 20.4. The van der Waals surface area contributed by atoms with Crippen LogP contribution < -0.4 is 0 Å². The van der Waals surface area contributed by atoms with E-state index in [2.05, 4.69) is 15.2 Å². The number of imidazole rings is 1. The van der Waals surface area contributed by atoms with Crippen LogP contribution in [-0.4, -0.2) is 74.3 Å². The molecule has 0 radical (unpaired) electrons. The third kappa shape index (κ3) is 3.91. The van der Waals surface area contributed by atoms with E-state index in [0.29, 0.717) is 19.5 Å². The molecule has 1 aliphatic rings. The Hall–Kier alpha value is -3.05. The number of carbonyl (C=O) groups excluding carboxylic acids is 1. The minimum absolute atomic E-state index is 0.0191. The van der Waals surface area contributed by atoms with E-state index in [0.717, 1.165) is 5.69 Å². The Morgan fingerprint density at radius 2 is 1.86 bits per heavy atom. The smallest absolute Gasteiger partial charge is 0.276 e. The van der Waals surface area contributed by atoms with Crippen LogP contribution in [0.2, 0.25) is 0 Å². The van der Waals surface area contributed by atoms with Crippen molar-refractivity contribution in [1.29, 1.82) is 0 Å². The fraction of sp³-hybridized carbons (Fsp3) is 0.333. The number of amides is 1. The van der Waals surface area contributed by atoms with Crippen LogP contribution in [0.15, 0.2) is 54.1 Å². The Balaban J connectivity index is 1.46. The molecule has 2 aromatic heterocycles. The first-order valence-electron chi connectivity index (χ1n) is 9.20. The van der Waals surface area contributed by atoms with Gasteiger partial charge in [-0.25, -0.2) is 13.4 Å². The number of nitrogens with zero attached hydrogens (tertiary/aromatic N) is 7. The molecule has 10 nitrogen and oxygen atoms in total. The monoisotopic (exact) mass is 415 g/mol. The molecule has 0 atom stereocenters. The number of rotatable bonds is 4. The van der Waals surface area contributed by atoms with Crippen molar-refractivity contribution >= 4 is 15.9 Å². The molecule has 4 rings (SSSR count). The van der Waals surface area contributed by atoms with Crippen LogP contribution in [0.25, 0.3) is 5.69 Å². The Labute approximate surface area is 168 Å². The first-order chi connectivity index (χ1) is 13.9. The van der Waals surface area contributed by atoms with Crippen molar-refractivity contribution in [3.05, 3.63) is 54.7 Å². The van der Waals surface area contributed by atoms with Gasteiger partial charge in [0.15, 0.2) is 10.7 Å². The summed E-state index contributed by atoms with van der Waals surface area (Å²) in [7, 11) is -1.96. The average molecular weight is 415 g/mol. The van der Waals surface area contributed by atoms with Crippen LogP contribution in [0.1, 0.15) is 16.9 Å². The van der Waals surface area contributed by atoms with E-state index in [9.17, 15) is 13.2 Å². The van der Waals surface area contributed by atoms with E-state index in [-0.39, 0.29) is 29.7 Å². The Kier molecular flexibility index (Phi) is 5.16. The standard InChI is InChI=1S/C18H21N7O3S/c1-22-13-17(19-14-22)29(27,28)24-9-5-8-23(10-11-24)18(26)16-12-20-25(21-16)15-6-3-2-4-7-15/h2-4,6-7,12-14H,5,8-11H2,1H3. The lowest BCUT2D eigenvalue weighted by atomic mass is 10.3. The van der Waals surface area contributed by atoms with Crippen molar-refractivity contribution in [2.45, 2.75) is 11.4 Å². The van der Waals surface area contributed by atoms with Gasteiger partial charge in [0.1, 0.15) is 0 Å². The summed E-state index contributed by atoms with van der Waals surface area (Å²) in [6.45, 7) is 1.27. The molecule has 29 heavy (non-hydrogen) atoms. The van der Waals surface area contributed by atoms with E-state index in [1.807, 2.05) is 30.3 Å². The van der Waals surface area contributed by atoms with Crippen LogP contribution in [-0.2, 0) is 17.1 Å². The number of hydrogen-bond acceptors (Lipinski definition) is 6. The van der Waals surface area contributed by atoms with Crippen molar-refractivity contribution < 1.29 is 13.2 Å². The van der Waals surface area contributed by atoms with Gasteiger partial charge in [0.05, 0.1) is 18.2 Å². The van der Waals surface area contributed by atoms with Crippen LogP contribution in [0.3, 0.4) is 0 Å². The molecule has 152 valence electrons. The van der Waals surface area contributed by atoms with Crippen molar-refractivity contribution in [2.24, 2.45) is 7.05 Å². The van der Waals surface area contributed by atoms with Crippen LogP contribution in [0, 0.1) is 0 Å². The average Bonchev–Trinajstić information content (AvgIpc) is 3.31. The lowest BCUT2D eigenvalue weighted by Gasteiger charge is -2.20. The van der Waals surface area contributed by atoms with Crippen LogP contribution >= 0.6 is 0 Å². The van der Waals surface area contributed by atoms with Gasteiger partial charge in [-0.05, 0) is 18.6 Å². The second-order valence-corrected chi connectivity index (χ2v) is 8.67. The first-order valence-corrected chi connectivity index (χ1v) is 10.6. The summed E-state index contributed by atoms with van der Waals surface area (Å²) in [6.07, 6.45) is 4.90. The molecular weight excluding hydrogens is 394 g/mol. The zero-order valence-electron chi connectivity index (χ0n) is 15.9. The highest BCUT2D eigenvalue weighted by molar-refractivity contribution is 7.89. The van der Waals surface area contributed by atoms with E-state index in [1.165, 1.54) is 27.8 Å². The van der Waals surface area contributed by atoms with Gasteiger partial charge in [-0.3, -0.25) is 4.79 Å². The molecular formula is C18H21N7O3S. The summed E-state index contributed by atoms with van der Waals surface area (Å²) in [6, 6.07) is 9.32. The van der Waals surface area contributed by atoms with Gasteiger partial charge in [-0.15, -0.1) is 5.10 Å². The highest BCUT2D eigenvalue weighted by Crippen LogP contribution is 2.17. The van der Waals surface area contributed by atoms with Gasteiger partial charge in [0.25, 0.3) is 15.9 Å². The third-order valence-electron chi connectivity index (χ3n) is 4.73. The maximum Gasteiger partial charge on any atom is 0.276 e. The zero-order valence-corrected chi connectivity index (χ0v) is 16.7. The molecule has 0 saturated carbocycles. The van der Waals surface area contributed by atoms with Crippen LogP contribution in [0.4, 0.5) is 0 Å². The largest absolute Gasteiger partial charge is 0.339 e. The van der Waals surface area contributed by atoms with Gasteiger partial charge in [0, 0.05) is 39.4 Å². The molecule has 1 saturated heterocycles. The predicted octanol–water partition coefficient (Wildman–Crippen LogP) is 0.538. The summed E-state index contributed by atoms with van der Waals surface area (Å²) < 4.78 is 28.5. The first kappa shape index (κ1) is 19.3. The lowest BCUT2D eigenvalue weighted by molar-refractivity contribution is 0.0758. The SMILES string of the molecule is Cn1cnc(S(=O)(=O)N2CCCN(C(=O)c3cnn(-c4ccccc4)n3)CC2)c1. The number of carbonyl (C=O) groups is 1. The van der Waals surface area contributed by atoms with Crippen molar-refractivity contribution in [3.8, 4) is 5.69 Å². The quantitative estimate of drug-likeness (QED) is 0.616. The van der Waals surface area contributed by atoms with E-state index in [1.54, 1.807) is 16.5 Å². The van der Waals surface area contributed by atoms with E-state index < -0.39 is 10.0 Å². The highest BCUT2D eigenvalue weighted by atomic mass is 32.2. The van der Waals surface area contributed by atoms with Gasteiger partial charge >= 0.3 is 0 Å². The maximum atomic E-state index is 12.9. The molecule has 11 heteroatoms. The number of sulfonamides is 1. The summed E-state index contributed by atoms with van der Waals surface area (Å²) in [4.78, 5) is 19.8. The molecule has 1 aliphatic heterocycles. The summed E-state index contributed by atoms with van der Waals surface area (Å²) >= 11 is 0. The molecule has 0 unspecified atom stereocenters. The number of hydrogen-bond donors (Lipinski definition) is 0. The molecule has 3 aromatic rings. The van der Waals surface area contributed by atoms with Gasteiger partial charge in [-0.2, -0.15) is 14.2 Å². The molecule has 1 amide bonds. The lowest BCUT2D eigenvalue weighted by Crippen LogP contribution is -2.37. The molecule has 1 aromatic carbocycles. The Bertz CT molecular complexity index is 1110. The number of aromatic nitrogens is 5. The highest BCUT2D eigenvalue weighted by Gasteiger charge is 2.30. The second-order valence-electron chi connectivity index (χ2n) is 6.78. The van der Waals surface area contributed by atoms with Gasteiger partial charge in [0.2, 0.25) is 0 Å². The maximum absolute atomic E-state index is 12.9. The Morgan fingerprint density at radius 1 is 1.07 bits per heavy atom. The molecule has 1 fully saturated rings. The van der Waals surface area contributed by atoms with E-state index in [4.69, 9.17) is 0 Å². The third-order valence-corrected chi connectivity index (χ3v) is 6.51. The minimum atomic E-state index is -3.68. The van der Waals surface area contributed by atoms with Crippen molar-refractivity contribution in [2.75, 3.05) is 26.2 Å². The number of aryl methyl sites for hydroxylation is 1. The number of benzene rings is 1. The summed E-state index contributed by atoms with van der Waals surface area (Å²) in [5.74, 6) is -0.260. The molecule has 0 N–H and O–H groups in total. The molecule has 3 heterocycles. The van der Waals surface area contributed by atoms with Crippen LogP contribution in [0.5, 0.6) is 0 Å². The molecule has 0 aliphatic carbocycles. The number of para-hydroxylation sites is 1. The summed E-state index contributed by atoms with van der Waals surface area (Å²) in [5, 5.41) is 8.46. The van der Waals surface area contributed by atoms with Crippen molar-refractivity contribution in [1.82, 2.24) is 33.8 Å². The topological polar surface area (TPSA) is 106 Å². The van der Waals surface area contributed by atoms with Gasteiger partial charge < -0.3 is 9.47 Å². The van der Waals surface area contributed by atoms with Gasteiger partial charge in [-0.1, -0.05) is 18.2 Å². The second kappa shape index (κ2) is 7.76. The van der Waals surface area contributed by atoms with Crippen molar-refractivity contribution in [3.63, 3.8) is 0 Å². The summed E-state index contributed by atoms with van der Waals surface area (Å²) in [5.41, 5.74) is 0.991. The fourth-order valence-electron chi connectivity index (χ4n) is 3.20. The fourth-order valence-corrected chi connectivity index (χ4v) is 4.64. The normalized spacial score (nSPS) is 16.0. The Morgan fingerprint density at radius 3 is 2.59 bits per heavy atom. The predicted molar refractivity (Wildman–Crippen MR) is 104 cm³/mol. The molecule has 0 spiro atoms. The van der Waals surface area contributed by atoms with E-state index >= 15 is 0 Å². The molecule has 0 bridgehead atoms. The minimum Gasteiger partial charge on any atom is -0.339 e.